The van der Waals surface area contributed by atoms with E-state index in [1.54, 1.807) is 7.14 Å². The van der Waals surface area contributed by atoms with E-state index < -0.39 is 0 Å². The summed E-state index contributed by atoms with van der Waals surface area (Å²) in [7, 11) is 0. The van der Waals surface area contributed by atoms with Crippen LogP contribution in [0, 0.1) is 7.14 Å². The molecule has 0 N–H and O–H groups in total. The Morgan fingerprint density at radius 1 is 0.643 bits per heavy atom. The summed E-state index contributed by atoms with van der Waals surface area (Å²) in [4.78, 5) is 0. The highest BCUT2D eigenvalue weighted by Gasteiger charge is 2.31. The second kappa shape index (κ2) is 4.18. The number of hydrogen-bond donors (Lipinski definition) is 0. The molecule has 0 bridgehead atoms. The minimum absolute atomic E-state index is 0. The third-order valence-electron chi connectivity index (χ3n) is 2.24. The van der Waals surface area contributed by atoms with Gasteiger partial charge in [0.05, 0.1) is 0 Å². The standard InChI is InChI=1S/C12H8I.HI/c1-3-7-11-9(5-1)10-6-2-4-8-12(10)13-11;/h1-8H;1H/q+1;. The first-order valence-electron chi connectivity index (χ1n) is 4.28. The van der Waals surface area contributed by atoms with Gasteiger partial charge in [0.2, 0.25) is 7.14 Å². The van der Waals surface area contributed by atoms with Crippen LogP contribution < -0.4 is 21.2 Å². The number of rotatable bonds is 0. The molecule has 2 aromatic rings. The summed E-state index contributed by atoms with van der Waals surface area (Å²) in [5, 5.41) is 0. The molecule has 0 unspecified atom stereocenters. The zero-order valence-corrected chi connectivity index (χ0v) is 11.9. The molecule has 0 saturated carbocycles. The summed E-state index contributed by atoms with van der Waals surface area (Å²) in [5.41, 5.74) is 2.93. The quantitative estimate of drug-likeness (QED) is 0.474. The average molecular weight is 407 g/mol. The minimum atomic E-state index is 0. The van der Waals surface area contributed by atoms with Crippen molar-refractivity contribution in [2.45, 2.75) is 0 Å². The maximum Gasteiger partial charge on any atom is 0.359 e. The summed E-state index contributed by atoms with van der Waals surface area (Å²) in [5.74, 6) is 0. The van der Waals surface area contributed by atoms with Gasteiger partial charge >= 0.3 is 21.2 Å². The Labute approximate surface area is 111 Å². The third-order valence-corrected chi connectivity index (χ3v) is 5.29. The number of halogens is 2. The Morgan fingerprint density at radius 3 is 1.57 bits per heavy atom. The molecule has 1 heterocycles. The topological polar surface area (TPSA) is 0 Å². The lowest BCUT2D eigenvalue weighted by Crippen LogP contribution is -3.61. The van der Waals surface area contributed by atoms with Crippen molar-refractivity contribution in [2.75, 3.05) is 0 Å². The fourth-order valence-electron chi connectivity index (χ4n) is 1.63. The molecule has 14 heavy (non-hydrogen) atoms. The lowest BCUT2D eigenvalue weighted by molar-refractivity contribution is -0.589. The summed E-state index contributed by atoms with van der Waals surface area (Å²) < 4.78 is 3.14. The van der Waals surface area contributed by atoms with Crippen molar-refractivity contribution in [1.29, 1.82) is 0 Å². The number of hydrogen-bond acceptors (Lipinski definition) is 0. The van der Waals surface area contributed by atoms with E-state index in [1.807, 2.05) is 0 Å². The van der Waals surface area contributed by atoms with Crippen molar-refractivity contribution in [1.82, 2.24) is 0 Å². The Morgan fingerprint density at radius 2 is 1.07 bits per heavy atom. The largest absolute Gasteiger partial charge is 0.359 e. The van der Waals surface area contributed by atoms with Crippen LogP contribution in [-0.2, 0) is 0 Å². The van der Waals surface area contributed by atoms with E-state index >= 15 is 0 Å². The predicted octanol–water partition coefficient (Wildman–Crippen LogP) is 0.413. The first-order chi connectivity index (χ1) is 6.45. The summed E-state index contributed by atoms with van der Waals surface area (Å²) in [6.45, 7) is 0. The molecule has 0 aromatic heterocycles. The van der Waals surface area contributed by atoms with Crippen LogP contribution in [0.4, 0.5) is 0 Å². The van der Waals surface area contributed by atoms with Gasteiger partial charge in [0, 0.05) is 11.1 Å². The van der Waals surface area contributed by atoms with Crippen LogP contribution in [0.3, 0.4) is 0 Å². The normalized spacial score (nSPS) is 11.4. The van der Waals surface area contributed by atoms with Crippen LogP contribution in [0.15, 0.2) is 48.5 Å². The number of benzene rings is 2. The van der Waals surface area contributed by atoms with Gasteiger partial charge < -0.3 is 0 Å². The van der Waals surface area contributed by atoms with Crippen molar-refractivity contribution in [3.05, 3.63) is 55.7 Å². The number of fused-ring (bicyclic) bond motifs is 3. The second-order valence-corrected chi connectivity index (χ2v) is 5.92. The molecule has 0 spiro atoms. The lowest BCUT2D eigenvalue weighted by atomic mass is 10.1. The van der Waals surface area contributed by atoms with Crippen LogP contribution in [0.2, 0.25) is 0 Å². The van der Waals surface area contributed by atoms with Crippen LogP contribution in [0.25, 0.3) is 11.1 Å². The van der Waals surface area contributed by atoms with E-state index in [1.165, 1.54) is 11.1 Å². The Balaban J connectivity index is 0.000000750. The zero-order valence-electron chi connectivity index (χ0n) is 7.41. The first-order valence-corrected chi connectivity index (χ1v) is 6.44. The molecule has 2 heteroatoms. The monoisotopic (exact) mass is 407 g/mol. The van der Waals surface area contributed by atoms with Crippen LogP contribution in [0.1, 0.15) is 0 Å². The highest BCUT2D eigenvalue weighted by molar-refractivity contribution is 14.0. The summed E-state index contributed by atoms with van der Waals surface area (Å²) in [6.07, 6.45) is 0. The summed E-state index contributed by atoms with van der Waals surface area (Å²) >= 11 is 0.103. The van der Waals surface area contributed by atoms with Gasteiger partial charge in [0.25, 0.3) is 0 Å². The molecule has 0 saturated heterocycles. The molecule has 0 amide bonds. The Bertz CT molecular complexity index is 420. The van der Waals surface area contributed by atoms with Crippen molar-refractivity contribution in [3.8, 4) is 11.1 Å². The van der Waals surface area contributed by atoms with Gasteiger partial charge in [-0.3, -0.25) is 0 Å². The van der Waals surface area contributed by atoms with Gasteiger partial charge in [0.15, 0.2) is 0 Å². The third kappa shape index (κ3) is 1.58. The van der Waals surface area contributed by atoms with E-state index in [4.69, 9.17) is 0 Å². The van der Waals surface area contributed by atoms with E-state index in [0.29, 0.717) is 0 Å². The van der Waals surface area contributed by atoms with Crippen molar-refractivity contribution < 1.29 is 21.2 Å². The fraction of sp³-hybridized carbons (Fsp3) is 0. The second-order valence-electron chi connectivity index (χ2n) is 3.05. The Kier molecular flexibility index (Phi) is 3.11. The highest BCUT2D eigenvalue weighted by Crippen LogP contribution is 2.21. The van der Waals surface area contributed by atoms with Gasteiger partial charge in [-0.15, -0.1) is 24.0 Å². The van der Waals surface area contributed by atoms with E-state index in [2.05, 4.69) is 48.5 Å². The first kappa shape index (κ1) is 10.4. The van der Waals surface area contributed by atoms with E-state index in [0.717, 1.165) is 0 Å². The molecule has 3 rings (SSSR count). The van der Waals surface area contributed by atoms with Crippen molar-refractivity contribution in [3.63, 3.8) is 0 Å². The van der Waals surface area contributed by atoms with Gasteiger partial charge in [0.1, 0.15) is 0 Å². The fourth-order valence-corrected chi connectivity index (χ4v) is 4.56. The van der Waals surface area contributed by atoms with Crippen molar-refractivity contribution in [2.24, 2.45) is 0 Å². The predicted molar refractivity (Wildman–Crippen MR) is 64.7 cm³/mol. The van der Waals surface area contributed by atoms with Gasteiger partial charge in [-0.05, 0) is 24.3 Å². The van der Waals surface area contributed by atoms with Gasteiger partial charge in [-0.25, -0.2) is 0 Å². The maximum atomic E-state index is 2.27. The maximum absolute atomic E-state index is 2.27. The molecule has 2 aromatic carbocycles. The van der Waals surface area contributed by atoms with Crippen molar-refractivity contribution >= 4 is 24.0 Å². The molecule has 0 nitrogen and oxygen atoms in total. The van der Waals surface area contributed by atoms with Gasteiger partial charge in [-0.2, -0.15) is 0 Å². The molecule has 0 fully saturated rings. The smallest absolute Gasteiger partial charge is 0.107 e. The Hall–Kier alpha value is -0.100. The molecule has 70 valence electrons. The zero-order chi connectivity index (χ0) is 8.67. The molecule has 0 aliphatic carbocycles. The van der Waals surface area contributed by atoms with E-state index in [-0.39, 0.29) is 45.2 Å². The van der Waals surface area contributed by atoms with Crippen LogP contribution in [0.5, 0.6) is 0 Å². The SMILES string of the molecule is I.c1ccc2c(c1)[I+]c1ccccc1-2. The van der Waals surface area contributed by atoms with E-state index in [9.17, 15) is 0 Å². The molecular formula is C12H9I2+. The summed E-state index contributed by atoms with van der Waals surface area (Å²) in [6, 6.07) is 17.6. The lowest BCUT2D eigenvalue weighted by Gasteiger charge is -1.91. The minimum Gasteiger partial charge on any atom is -0.107 e. The molecular weight excluding hydrogens is 398 g/mol. The molecule has 0 atom stereocenters. The van der Waals surface area contributed by atoms with Crippen LogP contribution in [-0.4, -0.2) is 0 Å². The highest BCUT2D eigenvalue weighted by atomic mass is 127. The van der Waals surface area contributed by atoms with Crippen LogP contribution >= 0.6 is 24.0 Å². The molecule has 1 aliphatic rings. The average Bonchev–Trinajstić information content (AvgIpc) is 2.56. The molecule has 0 radical (unpaired) electrons. The molecule has 1 aliphatic heterocycles. The van der Waals surface area contributed by atoms with Gasteiger partial charge in [-0.1, -0.05) is 24.3 Å².